The quantitative estimate of drug-likeness (QED) is 0.501. The van der Waals surface area contributed by atoms with Gasteiger partial charge in [0.2, 0.25) is 5.91 Å². The molecule has 0 bridgehead atoms. The minimum atomic E-state index is -0.318. The molecule has 0 unspecified atom stereocenters. The van der Waals surface area contributed by atoms with Gasteiger partial charge < -0.3 is 10.8 Å². The van der Waals surface area contributed by atoms with Crippen LogP contribution in [0.15, 0.2) is 12.7 Å². The summed E-state index contributed by atoms with van der Waals surface area (Å²) < 4.78 is 0. The van der Waals surface area contributed by atoms with Crippen molar-refractivity contribution in [3.8, 4) is 0 Å². The summed E-state index contributed by atoms with van der Waals surface area (Å²) in [5.74, 6) is -0.318. The number of nitrogens with zero attached hydrogens (tertiary/aromatic N) is 1. The molecule has 0 aromatic rings. The van der Waals surface area contributed by atoms with Crippen LogP contribution in [0.25, 0.3) is 0 Å². The van der Waals surface area contributed by atoms with E-state index in [1.807, 2.05) is 4.90 Å². The van der Waals surface area contributed by atoms with Crippen LogP contribution < -0.4 is 5.73 Å². The van der Waals surface area contributed by atoms with E-state index in [1.165, 1.54) is 0 Å². The summed E-state index contributed by atoms with van der Waals surface area (Å²) >= 11 is 0. The third-order valence-corrected chi connectivity index (χ3v) is 1.48. The minimum absolute atomic E-state index is 0.0899. The Hall–Kier alpha value is -0.870. The van der Waals surface area contributed by atoms with Crippen LogP contribution in [0.3, 0.4) is 0 Å². The number of aliphatic hydroxyl groups excluding tert-OH is 1. The predicted octanol–water partition coefficient (Wildman–Crippen LogP) is -0.658. The number of carbonyl (C=O) groups is 1. The van der Waals surface area contributed by atoms with Gasteiger partial charge in [-0.15, -0.1) is 6.58 Å². The highest BCUT2D eigenvalue weighted by atomic mass is 16.3. The van der Waals surface area contributed by atoms with Crippen LogP contribution in [-0.2, 0) is 4.79 Å². The molecule has 0 fully saturated rings. The Morgan fingerprint density at radius 3 is 2.67 bits per heavy atom. The van der Waals surface area contributed by atoms with E-state index < -0.39 is 0 Å². The van der Waals surface area contributed by atoms with Gasteiger partial charge in [-0.2, -0.15) is 0 Å². The molecular formula is C8H16N2O2. The van der Waals surface area contributed by atoms with Crippen LogP contribution in [0.2, 0.25) is 0 Å². The maximum atomic E-state index is 10.4. The Morgan fingerprint density at radius 2 is 2.25 bits per heavy atom. The number of hydrogen-bond acceptors (Lipinski definition) is 3. The Labute approximate surface area is 72.7 Å². The lowest BCUT2D eigenvalue weighted by Gasteiger charge is -2.17. The van der Waals surface area contributed by atoms with Gasteiger partial charge in [0.1, 0.15) is 0 Å². The van der Waals surface area contributed by atoms with Crippen LogP contribution in [-0.4, -0.2) is 42.2 Å². The summed E-state index contributed by atoms with van der Waals surface area (Å²) in [5.41, 5.74) is 4.98. The molecule has 0 radical (unpaired) electrons. The summed E-state index contributed by atoms with van der Waals surface area (Å²) in [6, 6.07) is 0. The molecule has 0 aromatic heterocycles. The fraction of sp³-hybridized carbons (Fsp3) is 0.625. The lowest BCUT2D eigenvalue weighted by molar-refractivity contribution is -0.118. The molecule has 4 heteroatoms. The van der Waals surface area contributed by atoms with Gasteiger partial charge in [0.25, 0.3) is 0 Å². The topological polar surface area (TPSA) is 66.6 Å². The highest BCUT2D eigenvalue weighted by Crippen LogP contribution is 1.90. The smallest absolute Gasteiger partial charge is 0.218 e. The Bertz CT molecular complexity index is 148. The van der Waals surface area contributed by atoms with Crippen molar-refractivity contribution in [1.29, 1.82) is 0 Å². The van der Waals surface area contributed by atoms with Crippen LogP contribution >= 0.6 is 0 Å². The second-order valence-electron chi connectivity index (χ2n) is 2.53. The van der Waals surface area contributed by atoms with Gasteiger partial charge in [-0.3, -0.25) is 9.69 Å². The number of rotatable bonds is 7. The van der Waals surface area contributed by atoms with Gasteiger partial charge >= 0.3 is 0 Å². The molecule has 70 valence electrons. The third-order valence-electron chi connectivity index (χ3n) is 1.48. The fourth-order valence-corrected chi connectivity index (χ4v) is 0.887. The van der Waals surface area contributed by atoms with Crippen molar-refractivity contribution < 1.29 is 9.90 Å². The molecular weight excluding hydrogens is 156 g/mol. The molecule has 0 atom stereocenters. The second-order valence-corrected chi connectivity index (χ2v) is 2.53. The molecule has 0 aliphatic heterocycles. The Morgan fingerprint density at radius 1 is 1.58 bits per heavy atom. The van der Waals surface area contributed by atoms with Crippen molar-refractivity contribution in [3.63, 3.8) is 0 Å². The average molecular weight is 172 g/mol. The molecule has 3 N–H and O–H groups in total. The molecule has 1 amide bonds. The van der Waals surface area contributed by atoms with Crippen molar-refractivity contribution in [2.24, 2.45) is 5.73 Å². The van der Waals surface area contributed by atoms with Crippen molar-refractivity contribution in [1.82, 2.24) is 4.90 Å². The van der Waals surface area contributed by atoms with Gasteiger partial charge in [0, 0.05) is 26.1 Å². The lowest BCUT2D eigenvalue weighted by atomic mass is 10.3. The largest absolute Gasteiger partial charge is 0.395 e. The molecule has 0 aliphatic carbocycles. The number of amides is 1. The normalized spacial score (nSPS) is 10.2. The Kier molecular flexibility index (Phi) is 6.32. The fourth-order valence-electron chi connectivity index (χ4n) is 0.887. The first kappa shape index (κ1) is 11.1. The van der Waals surface area contributed by atoms with E-state index in [0.717, 1.165) is 0 Å². The standard InChI is InChI=1S/C8H16N2O2/c1-2-4-10(6-7-11)5-3-8(9)12/h2,11H,1,3-7H2,(H2,9,12). The summed E-state index contributed by atoms with van der Waals surface area (Å²) in [6.45, 7) is 5.47. The van der Waals surface area contributed by atoms with Gasteiger partial charge in [0.15, 0.2) is 0 Å². The minimum Gasteiger partial charge on any atom is -0.395 e. The molecule has 0 saturated carbocycles. The highest BCUT2D eigenvalue weighted by molar-refractivity contribution is 5.73. The number of primary amides is 1. The lowest BCUT2D eigenvalue weighted by Crippen LogP contribution is -2.30. The third kappa shape index (κ3) is 5.88. The van der Waals surface area contributed by atoms with Crippen molar-refractivity contribution in [2.75, 3.05) is 26.2 Å². The molecule has 0 rings (SSSR count). The molecule has 0 aromatic carbocycles. The van der Waals surface area contributed by atoms with E-state index in [4.69, 9.17) is 10.8 Å². The van der Waals surface area contributed by atoms with Crippen LogP contribution in [0.5, 0.6) is 0 Å². The number of carbonyl (C=O) groups excluding carboxylic acids is 1. The van der Waals surface area contributed by atoms with E-state index in [1.54, 1.807) is 6.08 Å². The summed E-state index contributed by atoms with van der Waals surface area (Å²) in [4.78, 5) is 12.3. The zero-order chi connectivity index (χ0) is 9.40. The maximum Gasteiger partial charge on any atom is 0.218 e. The molecule has 0 saturated heterocycles. The van der Waals surface area contributed by atoms with Crippen LogP contribution in [0.4, 0.5) is 0 Å². The number of hydrogen-bond donors (Lipinski definition) is 2. The van der Waals surface area contributed by atoms with E-state index in [0.29, 0.717) is 26.1 Å². The first-order valence-electron chi connectivity index (χ1n) is 3.93. The Balaban J connectivity index is 3.61. The first-order chi connectivity index (χ1) is 5.70. The second kappa shape index (κ2) is 6.82. The van der Waals surface area contributed by atoms with Crippen LogP contribution in [0.1, 0.15) is 6.42 Å². The summed E-state index contributed by atoms with van der Waals surface area (Å²) in [7, 11) is 0. The van der Waals surface area contributed by atoms with E-state index in [-0.39, 0.29) is 12.5 Å². The van der Waals surface area contributed by atoms with Crippen LogP contribution in [0, 0.1) is 0 Å². The molecule has 0 heterocycles. The molecule has 12 heavy (non-hydrogen) atoms. The van der Waals surface area contributed by atoms with E-state index in [9.17, 15) is 4.79 Å². The van der Waals surface area contributed by atoms with Gasteiger partial charge in [-0.25, -0.2) is 0 Å². The molecule has 0 aliphatic rings. The molecule has 0 spiro atoms. The maximum absolute atomic E-state index is 10.4. The van der Waals surface area contributed by atoms with Gasteiger partial charge in [-0.1, -0.05) is 6.08 Å². The summed E-state index contributed by atoms with van der Waals surface area (Å²) in [5, 5.41) is 8.64. The van der Waals surface area contributed by atoms with Crippen molar-refractivity contribution in [3.05, 3.63) is 12.7 Å². The van der Waals surface area contributed by atoms with Crippen molar-refractivity contribution >= 4 is 5.91 Å². The monoisotopic (exact) mass is 172 g/mol. The average Bonchev–Trinajstić information content (AvgIpc) is 2.01. The van der Waals surface area contributed by atoms with E-state index >= 15 is 0 Å². The predicted molar refractivity (Wildman–Crippen MR) is 47.5 cm³/mol. The SMILES string of the molecule is C=CCN(CCO)CCC(N)=O. The van der Waals surface area contributed by atoms with Crippen molar-refractivity contribution in [2.45, 2.75) is 6.42 Å². The first-order valence-corrected chi connectivity index (χ1v) is 3.93. The highest BCUT2D eigenvalue weighted by Gasteiger charge is 2.03. The van der Waals surface area contributed by atoms with Gasteiger partial charge in [-0.05, 0) is 0 Å². The molecule has 4 nitrogen and oxygen atoms in total. The zero-order valence-corrected chi connectivity index (χ0v) is 7.20. The van der Waals surface area contributed by atoms with Gasteiger partial charge in [0.05, 0.1) is 6.61 Å². The number of nitrogens with two attached hydrogens (primary N) is 1. The number of aliphatic hydroxyl groups is 1. The van der Waals surface area contributed by atoms with E-state index in [2.05, 4.69) is 6.58 Å². The summed E-state index contributed by atoms with van der Waals surface area (Å²) in [6.07, 6.45) is 2.06. The zero-order valence-electron chi connectivity index (χ0n) is 7.20.